The number of amides is 2. The molecule has 0 aromatic heterocycles. The van der Waals surface area contributed by atoms with Gasteiger partial charge in [0.2, 0.25) is 0 Å². The summed E-state index contributed by atoms with van der Waals surface area (Å²) in [6.07, 6.45) is 5.73. The summed E-state index contributed by atoms with van der Waals surface area (Å²) in [5, 5.41) is 6.55. The number of nitrogens with zero attached hydrogens (tertiary/aromatic N) is 1. The van der Waals surface area contributed by atoms with Gasteiger partial charge in [0.05, 0.1) is 0 Å². The van der Waals surface area contributed by atoms with Crippen molar-refractivity contribution in [3.8, 4) is 0 Å². The number of carbonyl (C=O) groups is 1. The fourth-order valence-electron chi connectivity index (χ4n) is 3.22. The van der Waals surface area contributed by atoms with E-state index in [-0.39, 0.29) is 6.03 Å². The molecule has 0 radical (unpaired) electrons. The van der Waals surface area contributed by atoms with E-state index in [1.165, 1.54) is 19.3 Å². The van der Waals surface area contributed by atoms with Crippen LogP contribution in [0.25, 0.3) is 0 Å². The molecule has 2 amide bonds. The molecule has 1 unspecified atom stereocenters. The topological polar surface area (TPSA) is 53.6 Å². The summed E-state index contributed by atoms with van der Waals surface area (Å²) >= 11 is 0. The maximum absolute atomic E-state index is 12.4. The van der Waals surface area contributed by atoms with Crippen LogP contribution in [0.2, 0.25) is 0 Å². The molecule has 0 aromatic carbocycles. The second-order valence-corrected chi connectivity index (χ2v) is 6.48. The number of urea groups is 1. The van der Waals surface area contributed by atoms with Gasteiger partial charge in [0, 0.05) is 32.3 Å². The van der Waals surface area contributed by atoms with Gasteiger partial charge in [0.15, 0.2) is 0 Å². The van der Waals surface area contributed by atoms with Crippen molar-refractivity contribution in [3.63, 3.8) is 0 Å². The average Bonchev–Trinajstić information content (AvgIpc) is 3.20. The Morgan fingerprint density at radius 1 is 1.15 bits per heavy atom. The summed E-state index contributed by atoms with van der Waals surface area (Å²) in [5.74, 6) is 1.24. The van der Waals surface area contributed by atoms with E-state index in [0.29, 0.717) is 17.9 Å². The highest BCUT2D eigenvalue weighted by Crippen LogP contribution is 2.28. The normalized spacial score (nSPS) is 27.5. The van der Waals surface area contributed by atoms with E-state index >= 15 is 0 Å². The Hall–Kier alpha value is -0.810. The van der Waals surface area contributed by atoms with E-state index < -0.39 is 0 Å². The predicted molar refractivity (Wildman–Crippen MR) is 77.6 cm³/mol. The molecule has 5 heteroatoms. The summed E-state index contributed by atoms with van der Waals surface area (Å²) in [6.45, 7) is 5.61. The molecule has 2 saturated heterocycles. The monoisotopic (exact) mass is 281 g/mol. The third-order valence-corrected chi connectivity index (χ3v) is 4.75. The first-order chi connectivity index (χ1) is 9.83. The number of ether oxygens (including phenoxy) is 1. The molecule has 20 heavy (non-hydrogen) atoms. The van der Waals surface area contributed by atoms with Gasteiger partial charge in [-0.15, -0.1) is 0 Å². The van der Waals surface area contributed by atoms with Gasteiger partial charge in [-0.25, -0.2) is 4.79 Å². The first-order valence-corrected chi connectivity index (χ1v) is 8.16. The standard InChI is InChI=1S/C15H27N3O2/c19-15(17-10-12-4-7-20-8-5-12)18(14-1-2-14)11-13-3-6-16-9-13/h12-14,16H,1-11H2,(H,17,19). The number of carbonyl (C=O) groups excluding carboxylic acids is 1. The largest absolute Gasteiger partial charge is 0.381 e. The molecule has 2 aliphatic heterocycles. The summed E-state index contributed by atoms with van der Waals surface area (Å²) in [6, 6.07) is 0.663. The summed E-state index contributed by atoms with van der Waals surface area (Å²) in [5.41, 5.74) is 0. The van der Waals surface area contributed by atoms with Crippen molar-refractivity contribution < 1.29 is 9.53 Å². The summed E-state index contributed by atoms with van der Waals surface area (Å²) in [7, 11) is 0. The Bertz CT molecular complexity index is 321. The SMILES string of the molecule is O=C(NCC1CCOCC1)N(CC1CCNC1)C1CC1. The molecule has 3 fully saturated rings. The van der Waals surface area contributed by atoms with Crippen LogP contribution in [0.1, 0.15) is 32.1 Å². The molecule has 5 nitrogen and oxygen atoms in total. The smallest absolute Gasteiger partial charge is 0.317 e. The van der Waals surface area contributed by atoms with Gasteiger partial charge in [-0.05, 0) is 57.0 Å². The molecule has 114 valence electrons. The third-order valence-electron chi connectivity index (χ3n) is 4.75. The maximum Gasteiger partial charge on any atom is 0.317 e. The minimum atomic E-state index is 0.158. The lowest BCUT2D eigenvalue weighted by Gasteiger charge is -2.28. The van der Waals surface area contributed by atoms with Crippen LogP contribution in [-0.4, -0.2) is 56.4 Å². The van der Waals surface area contributed by atoms with Gasteiger partial charge in [-0.1, -0.05) is 0 Å². The highest BCUT2D eigenvalue weighted by atomic mass is 16.5. The zero-order chi connectivity index (χ0) is 13.8. The Morgan fingerprint density at radius 2 is 1.95 bits per heavy atom. The number of hydrogen-bond donors (Lipinski definition) is 2. The molecule has 3 rings (SSSR count). The van der Waals surface area contributed by atoms with Gasteiger partial charge in [-0.2, -0.15) is 0 Å². The highest BCUT2D eigenvalue weighted by molar-refractivity contribution is 5.74. The van der Waals surface area contributed by atoms with Crippen molar-refractivity contribution in [2.75, 3.05) is 39.4 Å². The van der Waals surface area contributed by atoms with Gasteiger partial charge in [0.25, 0.3) is 0 Å². The first kappa shape index (κ1) is 14.1. The van der Waals surface area contributed by atoms with Crippen LogP contribution in [-0.2, 0) is 4.74 Å². The molecular weight excluding hydrogens is 254 g/mol. The van der Waals surface area contributed by atoms with Crippen molar-refractivity contribution in [1.82, 2.24) is 15.5 Å². The van der Waals surface area contributed by atoms with E-state index in [4.69, 9.17) is 4.74 Å². The third kappa shape index (κ3) is 3.85. The zero-order valence-corrected chi connectivity index (χ0v) is 12.3. The van der Waals surface area contributed by atoms with Crippen molar-refractivity contribution >= 4 is 6.03 Å². The van der Waals surface area contributed by atoms with E-state index in [0.717, 1.165) is 52.2 Å². The Morgan fingerprint density at radius 3 is 2.60 bits per heavy atom. The molecule has 2 heterocycles. The molecule has 0 aromatic rings. The summed E-state index contributed by atoms with van der Waals surface area (Å²) in [4.78, 5) is 14.5. The van der Waals surface area contributed by atoms with Gasteiger partial charge >= 0.3 is 6.03 Å². The van der Waals surface area contributed by atoms with Crippen LogP contribution >= 0.6 is 0 Å². The Balaban J connectivity index is 1.44. The van der Waals surface area contributed by atoms with E-state index in [1.54, 1.807) is 0 Å². The lowest BCUT2D eigenvalue weighted by Crippen LogP contribution is -2.45. The highest BCUT2D eigenvalue weighted by Gasteiger charge is 2.34. The van der Waals surface area contributed by atoms with Crippen molar-refractivity contribution in [2.45, 2.75) is 38.1 Å². The van der Waals surface area contributed by atoms with Crippen LogP contribution < -0.4 is 10.6 Å². The second-order valence-electron chi connectivity index (χ2n) is 6.48. The van der Waals surface area contributed by atoms with Crippen LogP contribution in [0.5, 0.6) is 0 Å². The quantitative estimate of drug-likeness (QED) is 0.796. The van der Waals surface area contributed by atoms with Crippen molar-refractivity contribution in [2.24, 2.45) is 11.8 Å². The van der Waals surface area contributed by atoms with Crippen LogP contribution in [0.15, 0.2) is 0 Å². The van der Waals surface area contributed by atoms with Crippen molar-refractivity contribution in [3.05, 3.63) is 0 Å². The molecule has 1 saturated carbocycles. The minimum Gasteiger partial charge on any atom is -0.381 e. The van der Waals surface area contributed by atoms with E-state index in [9.17, 15) is 4.79 Å². The van der Waals surface area contributed by atoms with Crippen LogP contribution in [0, 0.1) is 11.8 Å². The average molecular weight is 281 g/mol. The maximum atomic E-state index is 12.4. The van der Waals surface area contributed by atoms with Gasteiger partial charge in [-0.3, -0.25) is 0 Å². The summed E-state index contributed by atoms with van der Waals surface area (Å²) < 4.78 is 5.36. The molecule has 2 N–H and O–H groups in total. The molecule has 3 aliphatic rings. The molecule has 0 spiro atoms. The predicted octanol–water partition coefficient (Wildman–Crippen LogP) is 1.20. The first-order valence-electron chi connectivity index (χ1n) is 8.16. The Kier molecular flexibility index (Phi) is 4.78. The Labute approximate surface area is 121 Å². The lowest BCUT2D eigenvalue weighted by atomic mass is 10.0. The van der Waals surface area contributed by atoms with Gasteiger partial charge < -0.3 is 20.3 Å². The molecule has 1 atom stereocenters. The second kappa shape index (κ2) is 6.76. The number of rotatable bonds is 5. The minimum absolute atomic E-state index is 0.158. The van der Waals surface area contributed by atoms with Gasteiger partial charge in [0.1, 0.15) is 0 Å². The number of hydrogen-bond acceptors (Lipinski definition) is 3. The molecule has 1 aliphatic carbocycles. The van der Waals surface area contributed by atoms with E-state index in [2.05, 4.69) is 15.5 Å². The lowest BCUT2D eigenvalue weighted by molar-refractivity contribution is 0.0662. The zero-order valence-electron chi connectivity index (χ0n) is 12.3. The molecular formula is C15H27N3O2. The number of nitrogens with one attached hydrogen (secondary N) is 2. The fourth-order valence-corrected chi connectivity index (χ4v) is 3.22. The molecule has 0 bridgehead atoms. The van der Waals surface area contributed by atoms with Crippen LogP contribution in [0.4, 0.5) is 4.79 Å². The van der Waals surface area contributed by atoms with Crippen molar-refractivity contribution in [1.29, 1.82) is 0 Å². The fraction of sp³-hybridized carbons (Fsp3) is 0.933. The van der Waals surface area contributed by atoms with Crippen LogP contribution in [0.3, 0.4) is 0 Å². The van der Waals surface area contributed by atoms with E-state index in [1.807, 2.05) is 0 Å².